The topological polar surface area (TPSA) is 53.0 Å². The summed E-state index contributed by atoms with van der Waals surface area (Å²) in [6.45, 7) is -0.0183. The fraction of sp³-hybridized carbons (Fsp3) is 0.318. The van der Waals surface area contributed by atoms with Crippen molar-refractivity contribution in [1.29, 1.82) is 0 Å². The van der Waals surface area contributed by atoms with Gasteiger partial charge in [0, 0.05) is 35.0 Å². The zero-order chi connectivity index (χ0) is 20.5. The third-order valence-corrected chi connectivity index (χ3v) is 5.96. The van der Waals surface area contributed by atoms with E-state index in [9.17, 15) is 9.59 Å². The first-order valence-corrected chi connectivity index (χ1v) is 10.3. The predicted molar refractivity (Wildman–Crippen MR) is 114 cm³/mol. The fourth-order valence-electron chi connectivity index (χ4n) is 3.58. The van der Waals surface area contributed by atoms with Gasteiger partial charge in [-0.15, -0.1) is 0 Å². The molecule has 0 bridgehead atoms. The molecule has 2 aromatic carbocycles. The summed E-state index contributed by atoms with van der Waals surface area (Å²) >= 11 is 12.8. The van der Waals surface area contributed by atoms with Gasteiger partial charge in [0.25, 0.3) is 5.91 Å². The van der Waals surface area contributed by atoms with Crippen molar-refractivity contribution in [1.82, 2.24) is 9.91 Å². The summed E-state index contributed by atoms with van der Waals surface area (Å²) in [5, 5.41) is 7.23. The van der Waals surface area contributed by atoms with E-state index in [0.29, 0.717) is 16.5 Å². The second-order valence-corrected chi connectivity index (χ2v) is 8.29. The number of carbonyl (C=O) groups excluding carboxylic acids is 2. The van der Waals surface area contributed by atoms with E-state index < -0.39 is 0 Å². The standard InChI is InChI=1S/C22H21Cl2N3O2/c1-26(22(29)14-10-11-14)13-21(28)27-20(16-7-3-5-9-18(16)24)12-19(25-27)15-6-2-4-8-17(15)23/h2-9,14,20H,10-13H2,1H3/t20-/m0/s1. The van der Waals surface area contributed by atoms with Gasteiger partial charge in [-0.05, 0) is 30.5 Å². The molecule has 1 aliphatic heterocycles. The average Bonchev–Trinajstić information content (AvgIpc) is 3.47. The maximum absolute atomic E-state index is 13.1. The van der Waals surface area contributed by atoms with Gasteiger partial charge >= 0.3 is 0 Å². The van der Waals surface area contributed by atoms with E-state index in [1.807, 2.05) is 36.4 Å². The molecule has 1 heterocycles. The maximum Gasteiger partial charge on any atom is 0.262 e. The van der Waals surface area contributed by atoms with Crippen molar-refractivity contribution in [2.75, 3.05) is 13.6 Å². The molecule has 1 saturated carbocycles. The lowest BCUT2D eigenvalue weighted by molar-refractivity contribution is -0.141. The monoisotopic (exact) mass is 429 g/mol. The lowest BCUT2D eigenvalue weighted by Crippen LogP contribution is -2.39. The van der Waals surface area contributed by atoms with E-state index in [1.54, 1.807) is 19.2 Å². The van der Waals surface area contributed by atoms with Crippen LogP contribution in [-0.4, -0.2) is 41.0 Å². The van der Waals surface area contributed by atoms with Crippen LogP contribution in [0.5, 0.6) is 0 Å². The molecule has 2 aromatic rings. The molecule has 1 fully saturated rings. The molecule has 0 saturated heterocycles. The summed E-state index contributed by atoms with van der Waals surface area (Å²) in [6, 6.07) is 14.5. The number of hydrogen-bond donors (Lipinski definition) is 0. The van der Waals surface area contributed by atoms with E-state index in [0.717, 1.165) is 29.7 Å². The third-order valence-electron chi connectivity index (χ3n) is 5.29. The highest BCUT2D eigenvalue weighted by Gasteiger charge is 2.37. The molecule has 7 heteroatoms. The van der Waals surface area contributed by atoms with Gasteiger partial charge < -0.3 is 4.90 Å². The van der Waals surface area contributed by atoms with Crippen LogP contribution >= 0.6 is 23.2 Å². The lowest BCUT2D eigenvalue weighted by atomic mass is 9.98. The van der Waals surface area contributed by atoms with Gasteiger partial charge in [0.05, 0.1) is 11.8 Å². The van der Waals surface area contributed by atoms with Crippen molar-refractivity contribution in [3.63, 3.8) is 0 Å². The zero-order valence-corrected chi connectivity index (χ0v) is 17.5. The highest BCUT2D eigenvalue weighted by atomic mass is 35.5. The number of halogens is 2. The van der Waals surface area contributed by atoms with E-state index in [2.05, 4.69) is 5.10 Å². The van der Waals surface area contributed by atoms with Crippen molar-refractivity contribution < 1.29 is 9.59 Å². The largest absolute Gasteiger partial charge is 0.336 e. The van der Waals surface area contributed by atoms with Gasteiger partial charge in [0.2, 0.25) is 5.91 Å². The Morgan fingerprint density at radius 3 is 2.38 bits per heavy atom. The molecular weight excluding hydrogens is 409 g/mol. The summed E-state index contributed by atoms with van der Waals surface area (Å²) in [5.74, 6) is -0.163. The van der Waals surface area contributed by atoms with Crippen LogP contribution in [0.25, 0.3) is 0 Å². The lowest BCUT2D eigenvalue weighted by Gasteiger charge is -2.25. The van der Waals surface area contributed by atoms with E-state index in [4.69, 9.17) is 23.2 Å². The van der Waals surface area contributed by atoms with Crippen LogP contribution in [0, 0.1) is 5.92 Å². The van der Waals surface area contributed by atoms with Gasteiger partial charge in [-0.1, -0.05) is 59.6 Å². The number of hydrogen-bond acceptors (Lipinski definition) is 3. The summed E-state index contributed by atoms with van der Waals surface area (Å²) < 4.78 is 0. The smallest absolute Gasteiger partial charge is 0.262 e. The third kappa shape index (κ3) is 4.16. The second kappa shape index (κ2) is 8.17. The summed E-state index contributed by atoms with van der Waals surface area (Å²) in [6.07, 6.45) is 2.30. The molecule has 150 valence electrons. The van der Waals surface area contributed by atoms with E-state index in [1.165, 1.54) is 9.91 Å². The highest BCUT2D eigenvalue weighted by Crippen LogP contribution is 2.37. The Kier molecular flexibility index (Phi) is 5.61. The summed E-state index contributed by atoms with van der Waals surface area (Å²) in [5.41, 5.74) is 2.35. The first kappa shape index (κ1) is 19.9. The van der Waals surface area contributed by atoms with Gasteiger partial charge in [-0.3, -0.25) is 9.59 Å². The van der Waals surface area contributed by atoms with Crippen molar-refractivity contribution in [2.45, 2.75) is 25.3 Å². The number of likely N-dealkylation sites (N-methyl/N-ethyl adjacent to an activating group) is 1. The van der Waals surface area contributed by atoms with Gasteiger partial charge in [0.1, 0.15) is 6.54 Å². The van der Waals surface area contributed by atoms with E-state index in [-0.39, 0.29) is 30.3 Å². The molecule has 1 aliphatic carbocycles. The summed E-state index contributed by atoms with van der Waals surface area (Å²) in [4.78, 5) is 26.9. The Bertz CT molecular complexity index is 988. The number of benzene rings is 2. The number of hydrazone groups is 1. The normalized spacial score (nSPS) is 18.5. The molecule has 2 aliphatic rings. The number of rotatable bonds is 5. The number of carbonyl (C=O) groups is 2. The zero-order valence-electron chi connectivity index (χ0n) is 16.0. The minimum absolute atomic E-state index is 0.0159. The van der Waals surface area contributed by atoms with Crippen LogP contribution in [0.1, 0.15) is 36.4 Å². The first-order valence-electron chi connectivity index (χ1n) is 9.59. The van der Waals surface area contributed by atoms with E-state index >= 15 is 0 Å². The van der Waals surface area contributed by atoms with Gasteiger partial charge in [0.15, 0.2) is 0 Å². The van der Waals surface area contributed by atoms with Crippen molar-refractivity contribution in [2.24, 2.45) is 11.0 Å². The maximum atomic E-state index is 13.1. The Hall–Kier alpha value is -2.37. The van der Waals surface area contributed by atoms with Crippen molar-refractivity contribution in [3.8, 4) is 0 Å². The van der Waals surface area contributed by atoms with Crippen molar-refractivity contribution in [3.05, 3.63) is 69.7 Å². The first-order chi connectivity index (χ1) is 14.0. The SMILES string of the molecule is CN(CC(=O)N1N=C(c2ccccc2Cl)C[C@H]1c1ccccc1Cl)C(=O)C1CC1. The number of nitrogens with zero attached hydrogens (tertiary/aromatic N) is 3. The predicted octanol–water partition coefficient (Wildman–Crippen LogP) is 4.54. The molecule has 4 rings (SSSR count). The molecule has 2 amide bonds. The molecule has 1 atom stereocenters. The Labute approximate surface area is 179 Å². The van der Waals surface area contributed by atoms with Crippen molar-refractivity contribution >= 4 is 40.7 Å². The Balaban J connectivity index is 1.64. The average molecular weight is 430 g/mol. The van der Waals surface area contributed by atoms with Crippen LogP contribution < -0.4 is 0 Å². The minimum Gasteiger partial charge on any atom is -0.336 e. The second-order valence-electron chi connectivity index (χ2n) is 7.47. The Morgan fingerprint density at radius 1 is 1.07 bits per heavy atom. The summed E-state index contributed by atoms with van der Waals surface area (Å²) in [7, 11) is 1.66. The highest BCUT2D eigenvalue weighted by molar-refractivity contribution is 6.34. The van der Waals surface area contributed by atoms with Crippen LogP contribution in [0.15, 0.2) is 53.6 Å². The Morgan fingerprint density at radius 2 is 1.72 bits per heavy atom. The molecule has 0 aromatic heterocycles. The quantitative estimate of drug-likeness (QED) is 0.700. The molecule has 0 spiro atoms. The van der Waals surface area contributed by atoms with Gasteiger partial charge in [-0.2, -0.15) is 5.10 Å². The molecule has 0 N–H and O–H groups in total. The number of amides is 2. The molecule has 5 nitrogen and oxygen atoms in total. The van der Waals surface area contributed by atoms with Crippen LogP contribution in [0.4, 0.5) is 0 Å². The minimum atomic E-state index is -0.341. The fourth-order valence-corrected chi connectivity index (χ4v) is 4.09. The molecular formula is C22H21Cl2N3O2. The molecule has 0 radical (unpaired) electrons. The van der Waals surface area contributed by atoms with Crippen LogP contribution in [0.3, 0.4) is 0 Å². The van der Waals surface area contributed by atoms with Crippen LogP contribution in [-0.2, 0) is 9.59 Å². The molecule has 29 heavy (non-hydrogen) atoms. The van der Waals surface area contributed by atoms with Gasteiger partial charge in [-0.25, -0.2) is 5.01 Å². The molecule has 0 unspecified atom stereocenters. The van der Waals surface area contributed by atoms with Crippen LogP contribution in [0.2, 0.25) is 10.0 Å².